The Morgan fingerprint density at radius 2 is 0.710 bits per heavy atom. The minimum atomic E-state index is -1.08. The second kappa shape index (κ2) is 18.2. The Bertz CT molecular complexity index is 2150. The summed E-state index contributed by atoms with van der Waals surface area (Å²) in [6, 6.07) is 23.5. The van der Waals surface area contributed by atoms with Crippen molar-refractivity contribution in [1.29, 1.82) is 0 Å². The number of benzene rings is 4. The van der Waals surface area contributed by atoms with Gasteiger partial charge in [0.25, 0.3) is 0 Å². The largest absolute Gasteiger partial charge is 0.396 e. The van der Waals surface area contributed by atoms with E-state index in [0.29, 0.717) is 19.3 Å². The van der Waals surface area contributed by atoms with Gasteiger partial charge in [0.2, 0.25) is 0 Å². The Morgan fingerprint density at radius 1 is 0.403 bits per heavy atom. The summed E-state index contributed by atoms with van der Waals surface area (Å²) < 4.78 is 31.3. The van der Waals surface area contributed by atoms with Crippen molar-refractivity contribution in [3.05, 3.63) is 140 Å². The van der Waals surface area contributed by atoms with Gasteiger partial charge >= 0.3 is 0 Å². The van der Waals surface area contributed by atoms with Crippen LogP contribution in [0.4, 0.5) is 8.78 Å². The molecule has 0 atom stereocenters. The highest BCUT2D eigenvalue weighted by Crippen LogP contribution is 2.47. The molecule has 4 aromatic carbocycles. The third-order valence-corrected chi connectivity index (χ3v) is 11.8. The predicted molar refractivity (Wildman–Crippen MR) is 260 cm³/mol. The van der Waals surface area contributed by atoms with Crippen molar-refractivity contribution in [2.75, 3.05) is 6.61 Å². The topological polar surface area (TPSA) is 20.2 Å². The van der Waals surface area contributed by atoms with E-state index < -0.39 is 17.0 Å². The minimum absolute atomic E-state index is 0.0894. The van der Waals surface area contributed by atoms with Gasteiger partial charge in [-0.1, -0.05) is 197 Å². The molecule has 0 aliphatic heterocycles. The fourth-order valence-corrected chi connectivity index (χ4v) is 7.32. The van der Waals surface area contributed by atoms with Crippen molar-refractivity contribution in [3.8, 4) is 35.5 Å². The van der Waals surface area contributed by atoms with E-state index in [-0.39, 0.29) is 50.2 Å². The molecule has 62 heavy (non-hydrogen) atoms. The summed E-state index contributed by atoms with van der Waals surface area (Å²) in [5.41, 5.74) is 7.98. The van der Waals surface area contributed by atoms with Crippen LogP contribution < -0.4 is 0 Å². The van der Waals surface area contributed by atoms with Crippen molar-refractivity contribution < 1.29 is 13.9 Å². The number of aliphatic hydroxyl groups is 1. The van der Waals surface area contributed by atoms with Crippen LogP contribution in [0, 0.1) is 47.2 Å². The van der Waals surface area contributed by atoms with E-state index in [1.807, 2.05) is 0 Å². The highest BCUT2D eigenvalue weighted by molar-refractivity contribution is 5.64. The minimum Gasteiger partial charge on any atom is -0.396 e. The molecule has 0 amide bonds. The molecular formula is C59H74F2O. The lowest BCUT2D eigenvalue weighted by Gasteiger charge is -2.38. The first-order chi connectivity index (χ1) is 28.3. The van der Waals surface area contributed by atoms with Gasteiger partial charge in [-0.3, -0.25) is 0 Å². The fourth-order valence-electron chi connectivity index (χ4n) is 7.32. The van der Waals surface area contributed by atoms with Crippen LogP contribution in [0.1, 0.15) is 205 Å². The van der Waals surface area contributed by atoms with Gasteiger partial charge in [0.1, 0.15) is 17.0 Å². The van der Waals surface area contributed by atoms with Gasteiger partial charge in [-0.15, -0.1) is 0 Å². The molecule has 1 N–H and O–H groups in total. The van der Waals surface area contributed by atoms with E-state index >= 15 is 8.78 Å². The zero-order valence-electron chi connectivity index (χ0n) is 41.4. The lowest BCUT2D eigenvalue weighted by atomic mass is 9.64. The first-order valence-electron chi connectivity index (χ1n) is 22.4. The van der Waals surface area contributed by atoms with Crippen LogP contribution in [0.2, 0.25) is 0 Å². The van der Waals surface area contributed by atoms with Crippen molar-refractivity contribution in [3.63, 3.8) is 0 Å². The van der Waals surface area contributed by atoms with Crippen molar-refractivity contribution in [2.24, 2.45) is 0 Å². The normalized spacial score (nSPS) is 12.8. The monoisotopic (exact) mass is 837 g/mol. The van der Waals surface area contributed by atoms with Crippen LogP contribution in [0.25, 0.3) is 0 Å². The van der Waals surface area contributed by atoms with Crippen LogP contribution in [-0.2, 0) is 37.9 Å². The number of aliphatic hydroxyl groups excluding tert-OH is 1. The average Bonchev–Trinajstić information content (AvgIpc) is 3.13. The van der Waals surface area contributed by atoms with Crippen molar-refractivity contribution in [1.82, 2.24) is 0 Å². The van der Waals surface area contributed by atoms with Gasteiger partial charge in [-0.05, 0) is 125 Å². The standard InChI is InChI=1S/C59H74F2O/c1-53(2,3)41-31-42(54(4,5)6)35-47(34-41)59(48-36-43(55(7,8)9)32-44(37-48)56(10,11)12,49-38-45(57(13,14)15)33-46(39-49)58(16,17)18)27-23-22-26-50-51(60)29-40(30-52(50)61)25-21-19-20-24-28-62/h29-39,62H,19-20,24,28H2,1-18H3. The second-order valence-electron chi connectivity index (χ2n) is 23.4. The van der Waals surface area contributed by atoms with Gasteiger partial charge in [0, 0.05) is 18.6 Å². The molecule has 0 saturated carbocycles. The summed E-state index contributed by atoms with van der Waals surface area (Å²) in [5, 5.41) is 9.06. The maximum Gasteiger partial charge on any atom is 0.143 e. The maximum atomic E-state index is 15.6. The molecule has 0 unspecified atom stereocenters. The van der Waals surface area contributed by atoms with Crippen LogP contribution in [0.3, 0.4) is 0 Å². The van der Waals surface area contributed by atoms with Gasteiger partial charge in [0.15, 0.2) is 0 Å². The Morgan fingerprint density at radius 3 is 1.00 bits per heavy atom. The fraction of sp³-hybridized carbons (Fsp3) is 0.492. The summed E-state index contributed by atoms with van der Waals surface area (Å²) >= 11 is 0. The predicted octanol–water partition coefficient (Wildman–Crippen LogP) is 14.7. The molecule has 0 saturated heterocycles. The third kappa shape index (κ3) is 12.1. The molecule has 0 spiro atoms. The summed E-state index contributed by atoms with van der Waals surface area (Å²) in [4.78, 5) is 0. The molecular weight excluding hydrogens is 763 g/mol. The molecule has 0 aromatic heterocycles. The van der Waals surface area contributed by atoms with Crippen LogP contribution in [0.15, 0.2) is 66.7 Å². The maximum absolute atomic E-state index is 15.6. The third-order valence-electron chi connectivity index (χ3n) is 11.8. The Kier molecular flexibility index (Phi) is 14.7. The van der Waals surface area contributed by atoms with E-state index in [2.05, 4.69) is 215 Å². The average molecular weight is 837 g/mol. The van der Waals surface area contributed by atoms with E-state index in [9.17, 15) is 0 Å². The highest BCUT2D eigenvalue weighted by atomic mass is 19.1. The summed E-state index contributed by atoms with van der Waals surface area (Å²) in [5.74, 6) is 17.0. The van der Waals surface area contributed by atoms with E-state index in [1.54, 1.807) is 0 Å². The molecule has 0 aliphatic carbocycles. The number of hydrogen-bond donors (Lipinski definition) is 1. The zero-order chi connectivity index (χ0) is 46.9. The summed E-state index contributed by atoms with van der Waals surface area (Å²) in [6.07, 6.45) is 1.88. The number of hydrogen-bond acceptors (Lipinski definition) is 1. The van der Waals surface area contributed by atoms with Crippen molar-refractivity contribution in [2.45, 2.75) is 182 Å². The van der Waals surface area contributed by atoms with Crippen LogP contribution in [0.5, 0.6) is 0 Å². The van der Waals surface area contributed by atoms with E-state index in [4.69, 9.17) is 5.11 Å². The van der Waals surface area contributed by atoms with E-state index in [0.717, 1.165) is 16.7 Å². The van der Waals surface area contributed by atoms with Crippen LogP contribution in [-0.4, -0.2) is 11.7 Å². The first kappa shape index (κ1) is 50.0. The molecule has 4 rings (SSSR count). The summed E-state index contributed by atoms with van der Waals surface area (Å²) in [7, 11) is 0. The Labute approximate surface area is 375 Å². The van der Waals surface area contributed by atoms with Gasteiger partial charge in [0.05, 0.1) is 5.56 Å². The van der Waals surface area contributed by atoms with E-state index in [1.165, 1.54) is 45.5 Å². The molecule has 0 heterocycles. The molecule has 0 fully saturated rings. The lowest BCUT2D eigenvalue weighted by Crippen LogP contribution is -2.32. The first-order valence-corrected chi connectivity index (χ1v) is 22.4. The number of unbranched alkanes of at least 4 members (excludes halogenated alkanes) is 2. The quantitative estimate of drug-likeness (QED) is 0.117. The molecule has 1 nitrogen and oxygen atoms in total. The van der Waals surface area contributed by atoms with Crippen molar-refractivity contribution >= 4 is 0 Å². The van der Waals surface area contributed by atoms with Gasteiger partial charge in [-0.25, -0.2) is 8.78 Å². The second-order valence-corrected chi connectivity index (χ2v) is 23.4. The summed E-state index contributed by atoms with van der Waals surface area (Å²) in [6.45, 7) is 40.7. The molecule has 4 aromatic rings. The number of rotatable bonds is 6. The Balaban J connectivity index is 2.31. The zero-order valence-corrected chi connectivity index (χ0v) is 41.4. The molecule has 0 aliphatic rings. The molecule has 3 heteroatoms. The smallest absolute Gasteiger partial charge is 0.143 e. The Hall–Kier alpha value is -4.62. The SMILES string of the molecule is CC(C)(C)c1cc(C(C)(C)C)cc(C(C#CC#Cc2c(F)cc(C#CCCCCO)cc2F)(c2cc(C(C)(C)C)cc(C(C)(C)C)c2)c2cc(C(C)(C)C)cc(C(C)(C)C)c2)c1. The molecule has 330 valence electrons. The van der Waals surface area contributed by atoms with Gasteiger partial charge in [-0.2, -0.15) is 0 Å². The molecule has 0 bridgehead atoms. The van der Waals surface area contributed by atoms with Gasteiger partial charge < -0.3 is 5.11 Å². The van der Waals surface area contributed by atoms with Crippen LogP contribution >= 0.6 is 0 Å². The lowest BCUT2D eigenvalue weighted by molar-refractivity contribution is 0.285. The molecule has 0 radical (unpaired) electrons. The highest BCUT2D eigenvalue weighted by Gasteiger charge is 2.40. The number of halogens is 2.